The van der Waals surface area contributed by atoms with Crippen LogP contribution >= 0.6 is 43.5 Å². The first-order chi connectivity index (χ1) is 8.58. The predicted octanol–water partition coefficient (Wildman–Crippen LogP) is 5.03. The fraction of sp³-hybridized carbons (Fsp3) is 0.0769. The van der Waals surface area contributed by atoms with E-state index in [4.69, 9.17) is 22.1 Å². The lowest BCUT2D eigenvalue weighted by Gasteiger charge is -2.10. The zero-order valence-electron chi connectivity index (χ0n) is 9.29. The van der Waals surface area contributed by atoms with Crippen LogP contribution in [0.2, 0.25) is 5.02 Å². The van der Waals surface area contributed by atoms with E-state index in [1.165, 1.54) is 0 Å². The molecule has 2 rings (SSSR count). The van der Waals surface area contributed by atoms with E-state index in [1.54, 1.807) is 6.07 Å². The van der Waals surface area contributed by atoms with Crippen molar-refractivity contribution >= 4 is 49.1 Å². The zero-order chi connectivity index (χ0) is 13.1. The van der Waals surface area contributed by atoms with Crippen LogP contribution < -0.4 is 10.5 Å². The average molecular weight is 391 g/mol. The minimum Gasteiger partial charge on any atom is -0.487 e. The lowest BCUT2D eigenvalue weighted by Crippen LogP contribution is -1.99. The molecule has 0 aliphatic carbocycles. The van der Waals surface area contributed by atoms with Crippen molar-refractivity contribution in [3.05, 3.63) is 55.9 Å². The fourth-order valence-corrected chi connectivity index (χ4v) is 2.57. The van der Waals surface area contributed by atoms with Crippen LogP contribution in [0, 0.1) is 0 Å². The summed E-state index contributed by atoms with van der Waals surface area (Å²) in [5.41, 5.74) is 7.48. The van der Waals surface area contributed by atoms with Crippen molar-refractivity contribution in [2.75, 3.05) is 5.73 Å². The Hall–Kier alpha value is -0.710. The molecule has 0 saturated carbocycles. The Morgan fingerprint density at radius 3 is 2.67 bits per heavy atom. The van der Waals surface area contributed by atoms with Gasteiger partial charge in [-0.2, -0.15) is 0 Å². The first kappa shape index (κ1) is 13.7. The van der Waals surface area contributed by atoms with Crippen LogP contribution in [0.15, 0.2) is 45.3 Å². The third-order valence-electron chi connectivity index (χ3n) is 2.39. The minimum absolute atomic E-state index is 0.410. The number of rotatable bonds is 3. The topological polar surface area (TPSA) is 35.2 Å². The fourth-order valence-electron chi connectivity index (χ4n) is 1.46. The highest BCUT2D eigenvalue weighted by molar-refractivity contribution is 9.11. The monoisotopic (exact) mass is 389 g/mol. The van der Waals surface area contributed by atoms with E-state index in [0.29, 0.717) is 23.1 Å². The zero-order valence-corrected chi connectivity index (χ0v) is 13.2. The molecule has 0 aromatic heterocycles. The van der Waals surface area contributed by atoms with Crippen molar-refractivity contribution in [3.63, 3.8) is 0 Å². The molecule has 0 radical (unpaired) electrons. The van der Waals surface area contributed by atoms with E-state index >= 15 is 0 Å². The summed E-state index contributed by atoms with van der Waals surface area (Å²) in [6.45, 7) is 0.410. The molecule has 0 spiro atoms. The van der Waals surface area contributed by atoms with Gasteiger partial charge < -0.3 is 10.5 Å². The van der Waals surface area contributed by atoms with E-state index in [-0.39, 0.29) is 0 Å². The molecular weight excluding hydrogens is 381 g/mol. The predicted molar refractivity (Wildman–Crippen MR) is 82.0 cm³/mol. The van der Waals surface area contributed by atoms with Crippen LogP contribution in [0.4, 0.5) is 5.69 Å². The maximum absolute atomic E-state index is 6.08. The number of hydrogen-bond donors (Lipinski definition) is 1. The van der Waals surface area contributed by atoms with Crippen molar-refractivity contribution < 1.29 is 4.74 Å². The summed E-state index contributed by atoms with van der Waals surface area (Å²) in [4.78, 5) is 0. The molecule has 0 aliphatic heterocycles. The van der Waals surface area contributed by atoms with Gasteiger partial charge in [-0.1, -0.05) is 39.7 Å². The average Bonchev–Trinajstić information content (AvgIpc) is 2.33. The van der Waals surface area contributed by atoms with Crippen molar-refractivity contribution in [3.8, 4) is 5.75 Å². The standard InChI is InChI=1S/C13H10Br2ClNO/c14-9-4-5-12(10(16)6-9)18-7-8-2-1-3-11(17)13(8)15/h1-6H,7,17H2. The lowest BCUT2D eigenvalue weighted by atomic mass is 10.2. The van der Waals surface area contributed by atoms with Crippen LogP contribution in [0.1, 0.15) is 5.56 Å². The quantitative estimate of drug-likeness (QED) is 0.745. The van der Waals surface area contributed by atoms with Crippen molar-refractivity contribution in [2.24, 2.45) is 0 Å². The van der Waals surface area contributed by atoms with Crippen LogP contribution in [0.5, 0.6) is 5.75 Å². The summed E-state index contributed by atoms with van der Waals surface area (Å²) >= 11 is 12.9. The Morgan fingerprint density at radius 1 is 1.17 bits per heavy atom. The molecule has 2 aromatic rings. The minimum atomic E-state index is 0.410. The van der Waals surface area contributed by atoms with Gasteiger partial charge in [-0.15, -0.1) is 0 Å². The summed E-state index contributed by atoms with van der Waals surface area (Å²) in [5.74, 6) is 0.647. The Kier molecular flexibility index (Phi) is 4.54. The number of benzene rings is 2. The van der Waals surface area contributed by atoms with Gasteiger partial charge in [0.1, 0.15) is 12.4 Å². The van der Waals surface area contributed by atoms with Gasteiger partial charge in [-0.3, -0.25) is 0 Å². The van der Waals surface area contributed by atoms with Crippen molar-refractivity contribution in [1.29, 1.82) is 0 Å². The van der Waals surface area contributed by atoms with Crippen LogP contribution in [0.25, 0.3) is 0 Å². The molecule has 2 aromatic carbocycles. The number of anilines is 1. The van der Waals surface area contributed by atoms with Gasteiger partial charge in [-0.25, -0.2) is 0 Å². The molecule has 2 nitrogen and oxygen atoms in total. The first-order valence-corrected chi connectivity index (χ1v) is 7.15. The van der Waals surface area contributed by atoms with Gasteiger partial charge in [0.2, 0.25) is 0 Å². The van der Waals surface area contributed by atoms with Gasteiger partial charge in [0.25, 0.3) is 0 Å². The van der Waals surface area contributed by atoms with Gasteiger partial charge >= 0.3 is 0 Å². The van der Waals surface area contributed by atoms with E-state index in [9.17, 15) is 0 Å². The smallest absolute Gasteiger partial charge is 0.138 e. The maximum atomic E-state index is 6.08. The molecule has 0 saturated heterocycles. The molecule has 0 bridgehead atoms. The summed E-state index contributed by atoms with van der Waals surface area (Å²) in [5, 5.41) is 0.574. The van der Waals surface area contributed by atoms with Crippen LogP contribution in [-0.2, 0) is 6.61 Å². The highest BCUT2D eigenvalue weighted by atomic mass is 79.9. The molecule has 0 amide bonds. The van der Waals surface area contributed by atoms with E-state index in [1.807, 2.05) is 30.3 Å². The number of halogens is 3. The van der Waals surface area contributed by atoms with Gasteiger partial charge in [0, 0.05) is 20.2 Å². The van der Waals surface area contributed by atoms with E-state index < -0.39 is 0 Å². The first-order valence-electron chi connectivity index (χ1n) is 5.18. The van der Waals surface area contributed by atoms with Crippen LogP contribution in [0.3, 0.4) is 0 Å². The molecule has 0 atom stereocenters. The molecular formula is C13H10Br2ClNO. The lowest BCUT2D eigenvalue weighted by molar-refractivity contribution is 0.305. The number of ether oxygens (including phenoxy) is 1. The second kappa shape index (κ2) is 5.95. The maximum Gasteiger partial charge on any atom is 0.138 e. The molecule has 0 aliphatic rings. The molecule has 0 heterocycles. The number of hydrogen-bond acceptors (Lipinski definition) is 2. The molecule has 94 valence electrons. The molecule has 5 heteroatoms. The normalized spacial score (nSPS) is 10.4. The third kappa shape index (κ3) is 3.19. The number of nitrogens with two attached hydrogens (primary N) is 1. The van der Waals surface area contributed by atoms with Gasteiger partial charge in [-0.05, 0) is 40.2 Å². The highest BCUT2D eigenvalue weighted by Gasteiger charge is 2.06. The Balaban J connectivity index is 2.14. The van der Waals surface area contributed by atoms with Gasteiger partial charge in [0.15, 0.2) is 0 Å². The summed E-state index contributed by atoms with van der Waals surface area (Å²) < 4.78 is 7.46. The Bertz CT molecular complexity index is 575. The van der Waals surface area contributed by atoms with E-state index in [2.05, 4.69) is 31.9 Å². The third-order valence-corrected chi connectivity index (χ3v) is 4.14. The van der Waals surface area contributed by atoms with Gasteiger partial charge in [0.05, 0.1) is 5.02 Å². The number of nitrogen functional groups attached to an aromatic ring is 1. The second-order valence-corrected chi connectivity index (χ2v) is 5.80. The molecule has 18 heavy (non-hydrogen) atoms. The summed E-state index contributed by atoms with van der Waals surface area (Å²) in [6, 6.07) is 11.2. The molecule has 0 fully saturated rings. The molecule has 2 N–H and O–H groups in total. The summed E-state index contributed by atoms with van der Waals surface area (Å²) in [6.07, 6.45) is 0. The largest absolute Gasteiger partial charge is 0.487 e. The Labute approximate surface area is 127 Å². The highest BCUT2D eigenvalue weighted by Crippen LogP contribution is 2.30. The SMILES string of the molecule is Nc1cccc(COc2ccc(Br)cc2Cl)c1Br. The summed E-state index contributed by atoms with van der Waals surface area (Å²) in [7, 11) is 0. The van der Waals surface area contributed by atoms with Crippen LogP contribution in [-0.4, -0.2) is 0 Å². The molecule has 0 unspecified atom stereocenters. The van der Waals surface area contributed by atoms with E-state index in [0.717, 1.165) is 14.5 Å². The van der Waals surface area contributed by atoms with Crippen molar-refractivity contribution in [1.82, 2.24) is 0 Å². The van der Waals surface area contributed by atoms with Crippen molar-refractivity contribution in [2.45, 2.75) is 6.61 Å². The second-order valence-electron chi connectivity index (χ2n) is 3.68. The Morgan fingerprint density at radius 2 is 1.94 bits per heavy atom.